The fourth-order valence-corrected chi connectivity index (χ4v) is 3.93. The molecule has 0 spiro atoms. The number of primary amides is 1. The summed E-state index contributed by atoms with van der Waals surface area (Å²) in [6.07, 6.45) is 5.27. The first-order valence-electron chi connectivity index (χ1n) is 9.85. The van der Waals surface area contributed by atoms with Crippen molar-refractivity contribution >= 4 is 23.6 Å². The summed E-state index contributed by atoms with van der Waals surface area (Å²) in [4.78, 5) is 49.4. The van der Waals surface area contributed by atoms with E-state index < -0.39 is 30.4 Å². The Kier molecular flexibility index (Phi) is 6.44. The van der Waals surface area contributed by atoms with Crippen LogP contribution in [0.1, 0.15) is 60.0 Å². The molecule has 0 unspecified atom stereocenters. The molecule has 1 aliphatic heterocycles. The number of hydrogen-bond acceptors (Lipinski definition) is 5. The van der Waals surface area contributed by atoms with Gasteiger partial charge in [-0.25, -0.2) is 0 Å². The summed E-state index contributed by atoms with van der Waals surface area (Å²) in [5.41, 5.74) is 8.46. The number of rotatable bonds is 7. The number of Topliss-reactive ketones (excluding diaryl/α,β-unsaturated/α-hetero) is 1. The predicted octanol–water partition coefficient (Wildman–Crippen LogP) is 1.55. The van der Waals surface area contributed by atoms with E-state index in [-0.39, 0.29) is 18.6 Å². The molecule has 1 aromatic carbocycles. The summed E-state index contributed by atoms with van der Waals surface area (Å²) in [5.74, 6) is -1.68. The van der Waals surface area contributed by atoms with Crippen molar-refractivity contribution in [3.05, 3.63) is 34.9 Å². The summed E-state index contributed by atoms with van der Waals surface area (Å²) in [5, 5.41) is 0. The van der Waals surface area contributed by atoms with Crippen LogP contribution in [-0.2, 0) is 32.0 Å². The summed E-state index contributed by atoms with van der Waals surface area (Å²) >= 11 is 0. The zero-order chi connectivity index (χ0) is 20.1. The molecule has 28 heavy (non-hydrogen) atoms. The number of piperidine rings is 1. The van der Waals surface area contributed by atoms with Crippen molar-refractivity contribution in [2.24, 2.45) is 5.73 Å². The van der Waals surface area contributed by atoms with Gasteiger partial charge in [-0.2, -0.15) is 0 Å². The van der Waals surface area contributed by atoms with Gasteiger partial charge in [0.15, 0.2) is 12.4 Å². The lowest BCUT2D eigenvalue weighted by molar-refractivity contribution is -0.154. The third kappa shape index (κ3) is 4.77. The van der Waals surface area contributed by atoms with Gasteiger partial charge in [0.05, 0.1) is 6.42 Å². The number of fused-ring (bicyclic) bond motifs is 1. The van der Waals surface area contributed by atoms with Gasteiger partial charge in [-0.1, -0.05) is 12.1 Å². The number of aryl methyl sites for hydroxylation is 2. The zero-order valence-electron chi connectivity index (χ0n) is 15.9. The molecule has 0 aromatic heterocycles. The highest BCUT2D eigenvalue weighted by Crippen LogP contribution is 2.23. The van der Waals surface area contributed by atoms with Gasteiger partial charge < -0.3 is 15.4 Å². The molecule has 7 heteroatoms. The summed E-state index contributed by atoms with van der Waals surface area (Å²) < 4.78 is 5.01. The van der Waals surface area contributed by atoms with Crippen LogP contribution in [0.25, 0.3) is 0 Å². The van der Waals surface area contributed by atoms with E-state index in [2.05, 4.69) is 0 Å². The number of hydrogen-bond donors (Lipinski definition) is 1. The molecule has 7 nitrogen and oxygen atoms in total. The number of benzene rings is 1. The lowest BCUT2D eigenvalue weighted by Gasteiger charge is -2.33. The Morgan fingerprint density at radius 1 is 1.04 bits per heavy atom. The second-order valence-electron chi connectivity index (χ2n) is 7.42. The average molecular weight is 386 g/mol. The van der Waals surface area contributed by atoms with E-state index in [1.807, 2.05) is 18.2 Å². The van der Waals surface area contributed by atoms with E-state index in [9.17, 15) is 19.2 Å². The van der Waals surface area contributed by atoms with Crippen molar-refractivity contribution in [1.82, 2.24) is 4.90 Å². The van der Waals surface area contributed by atoms with Crippen molar-refractivity contribution in [2.45, 2.75) is 57.4 Å². The minimum atomic E-state index is -0.638. The van der Waals surface area contributed by atoms with Gasteiger partial charge in [0, 0.05) is 18.5 Å². The molecule has 3 rings (SSSR count). The normalized spacial score (nSPS) is 18.4. The van der Waals surface area contributed by atoms with Crippen molar-refractivity contribution in [3.8, 4) is 0 Å². The number of ether oxygens (including phenoxy) is 1. The number of carbonyl (C=O) groups is 4. The quantitative estimate of drug-likeness (QED) is 0.565. The molecular weight excluding hydrogens is 360 g/mol. The van der Waals surface area contributed by atoms with E-state index in [1.54, 1.807) is 0 Å². The number of likely N-dealkylation sites (tertiary alicyclic amines) is 1. The van der Waals surface area contributed by atoms with Crippen molar-refractivity contribution < 1.29 is 23.9 Å². The smallest absolute Gasteiger partial charge is 0.306 e. The number of esters is 1. The van der Waals surface area contributed by atoms with Crippen molar-refractivity contribution in [3.63, 3.8) is 0 Å². The first kappa shape index (κ1) is 20.0. The van der Waals surface area contributed by atoms with Gasteiger partial charge in [0.25, 0.3) is 5.91 Å². The second-order valence-corrected chi connectivity index (χ2v) is 7.42. The number of nitrogens with two attached hydrogens (primary N) is 1. The molecule has 2 amide bonds. The van der Waals surface area contributed by atoms with Crippen molar-refractivity contribution in [1.29, 1.82) is 0 Å². The minimum Gasteiger partial charge on any atom is -0.456 e. The SMILES string of the molecule is NC(=O)[C@@H]1CCCCN1C(=O)COC(=O)CCC(=O)c1ccc2c(c1)CCC2. The summed E-state index contributed by atoms with van der Waals surface area (Å²) in [6, 6.07) is 5.07. The molecular formula is C21H26N2O5. The highest BCUT2D eigenvalue weighted by molar-refractivity contribution is 5.98. The fraction of sp³-hybridized carbons (Fsp3) is 0.524. The van der Waals surface area contributed by atoms with Crippen LogP contribution in [0.15, 0.2) is 18.2 Å². The maximum atomic E-state index is 12.3. The fourth-order valence-electron chi connectivity index (χ4n) is 3.93. The molecule has 1 heterocycles. The molecule has 0 bridgehead atoms. The molecule has 1 aromatic rings. The molecule has 1 aliphatic carbocycles. The van der Waals surface area contributed by atoms with Crippen LogP contribution in [0, 0.1) is 0 Å². The Balaban J connectivity index is 1.44. The minimum absolute atomic E-state index is 0.0411. The number of amides is 2. The Labute approximate surface area is 164 Å². The van der Waals surface area contributed by atoms with E-state index in [4.69, 9.17) is 10.5 Å². The van der Waals surface area contributed by atoms with E-state index in [0.29, 0.717) is 18.5 Å². The topological polar surface area (TPSA) is 107 Å². The Morgan fingerprint density at radius 2 is 1.82 bits per heavy atom. The van der Waals surface area contributed by atoms with Gasteiger partial charge in [-0.15, -0.1) is 0 Å². The molecule has 1 saturated heterocycles. The maximum Gasteiger partial charge on any atom is 0.306 e. The van der Waals surface area contributed by atoms with Crippen molar-refractivity contribution in [2.75, 3.05) is 13.2 Å². The van der Waals surface area contributed by atoms with Gasteiger partial charge >= 0.3 is 5.97 Å². The van der Waals surface area contributed by atoms with Gasteiger partial charge in [0.2, 0.25) is 5.91 Å². The maximum absolute atomic E-state index is 12.3. The molecule has 1 atom stereocenters. The Hall–Kier alpha value is -2.70. The van der Waals surface area contributed by atoms with Crippen LogP contribution >= 0.6 is 0 Å². The summed E-state index contributed by atoms with van der Waals surface area (Å²) in [7, 11) is 0. The standard InChI is InChI=1S/C21H26N2O5/c22-21(27)17-6-1-2-11-23(17)19(25)13-28-20(26)10-9-18(24)16-8-7-14-4-3-5-15(14)12-16/h7-8,12,17H,1-6,9-11,13H2,(H2,22,27)/t17-/m0/s1. The molecule has 0 saturated carbocycles. The lowest BCUT2D eigenvalue weighted by atomic mass is 10.0. The lowest BCUT2D eigenvalue weighted by Crippen LogP contribution is -2.51. The molecule has 1 fully saturated rings. The number of carbonyl (C=O) groups excluding carboxylic acids is 4. The Morgan fingerprint density at radius 3 is 2.61 bits per heavy atom. The van der Waals surface area contributed by atoms with Crippen LogP contribution in [0.2, 0.25) is 0 Å². The second kappa shape index (κ2) is 8.99. The molecule has 2 N–H and O–H groups in total. The van der Waals surface area contributed by atoms with E-state index in [1.165, 1.54) is 16.0 Å². The van der Waals surface area contributed by atoms with Crippen LogP contribution < -0.4 is 5.73 Å². The van der Waals surface area contributed by atoms with E-state index in [0.717, 1.165) is 32.1 Å². The van der Waals surface area contributed by atoms with Crippen LogP contribution in [0.4, 0.5) is 0 Å². The highest BCUT2D eigenvalue weighted by Gasteiger charge is 2.31. The third-order valence-corrected chi connectivity index (χ3v) is 5.48. The van der Waals surface area contributed by atoms with Gasteiger partial charge in [-0.3, -0.25) is 19.2 Å². The van der Waals surface area contributed by atoms with E-state index >= 15 is 0 Å². The first-order chi connectivity index (χ1) is 13.5. The third-order valence-electron chi connectivity index (χ3n) is 5.48. The predicted molar refractivity (Wildman–Crippen MR) is 102 cm³/mol. The van der Waals surface area contributed by atoms with Crippen LogP contribution in [0.5, 0.6) is 0 Å². The van der Waals surface area contributed by atoms with Crippen LogP contribution in [-0.4, -0.2) is 47.7 Å². The van der Waals surface area contributed by atoms with Crippen LogP contribution in [0.3, 0.4) is 0 Å². The zero-order valence-corrected chi connectivity index (χ0v) is 15.9. The number of ketones is 1. The largest absolute Gasteiger partial charge is 0.456 e. The monoisotopic (exact) mass is 386 g/mol. The molecule has 0 radical (unpaired) electrons. The van der Waals surface area contributed by atoms with Gasteiger partial charge in [-0.05, 0) is 55.7 Å². The number of nitrogens with zero attached hydrogens (tertiary/aromatic N) is 1. The first-order valence-corrected chi connectivity index (χ1v) is 9.85. The van der Waals surface area contributed by atoms with Gasteiger partial charge in [0.1, 0.15) is 6.04 Å². The summed E-state index contributed by atoms with van der Waals surface area (Å²) in [6.45, 7) is -0.00352. The highest BCUT2D eigenvalue weighted by atomic mass is 16.5. The molecule has 2 aliphatic rings. The average Bonchev–Trinajstić information content (AvgIpc) is 3.17. The Bertz CT molecular complexity index is 789. The molecule has 150 valence electrons.